The molecule has 2 fully saturated rings. The van der Waals surface area contributed by atoms with Gasteiger partial charge in [-0.1, -0.05) is 0 Å². The average molecular weight is 226 g/mol. The molecule has 16 heavy (non-hydrogen) atoms. The van der Waals surface area contributed by atoms with Gasteiger partial charge in [0, 0.05) is 0 Å². The second-order valence-corrected chi connectivity index (χ2v) is 4.66. The summed E-state index contributed by atoms with van der Waals surface area (Å²) in [7, 11) is 1.39. The topological polar surface area (TPSA) is 52.6 Å². The minimum absolute atomic E-state index is 0.217. The van der Waals surface area contributed by atoms with Crippen molar-refractivity contribution in [3.8, 4) is 0 Å². The molecule has 2 bridgehead atoms. The minimum atomic E-state index is -0.261. The number of carbonyl (C=O) groups is 2. The van der Waals surface area contributed by atoms with Crippen LogP contribution in [0.2, 0.25) is 0 Å². The molecule has 0 radical (unpaired) electrons. The molecule has 0 aromatic rings. The Labute approximate surface area is 95.3 Å². The van der Waals surface area contributed by atoms with Crippen molar-refractivity contribution in [3.05, 3.63) is 0 Å². The van der Waals surface area contributed by atoms with E-state index in [1.165, 1.54) is 7.11 Å². The molecule has 4 atom stereocenters. The van der Waals surface area contributed by atoms with Gasteiger partial charge in [-0.05, 0) is 38.0 Å². The molecule has 2 rings (SSSR count). The quantitative estimate of drug-likeness (QED) is 0.682. The van der Waals surface area contributed by atoms with Crippen molar-refractivity contribution in [1.29, 1.82) is 0 Å². The number of ether oxygens (including phenoxy) is 2. The maximum absolute atomic E-state index is 11.8. The first kappa shape index (κ1) is 11.4. The highest BCUT2D eigenvalue weighted by Crippen LogP contribution is 2.53. The van der Waals surface area contributed by atoms with E-state index in [0.29, 0.717) is 18.4 Å². The van der Waals surface area contributed by atoms with Gasteiger partial charge in [0.1, 0.15) is 0 Å². The molecule has 4 nitrogen and oxygen atoms in total. The second kappa shape index (κ2) is 4.44. The van der Waals surface area contributed by atoms with E-state index in [1.807, 2.05) is 0 Å². The molecule has 0 saturated heterocycles. The highest BCUT2D eigenvalue weighted by Gasteiger charge is 2.55. The Morgan fingerprint density at radius 2 is 1.69 bits per heavy atom. The number of methoxy groups -OCH3 is 1. The lowest BCUT2D eigenvalue weighted by Crippen LogP contribution is -2.36. The summed E-state index contributed by atoms with van der Waals surface area (Å²) in [5.41, 5.74) is 0. The van der Waals surface area contributed by atoms with E-state index >= 15 is 0 Å². The third kappa shape index (κ3) is 1.70. The molecule has 0 heterocycles. The summed E-state index contributed by atoms with van der Waals surface area (Å²) in [6.45, 7) is 2.17. The maximum atomic E-state index is 11.8. The van der Waals surface area contributed by atoms with Gasteiger partial charge in [0.15, 0.2) is 0 Å². The number of hydrogen-bond acceptors (Lipinski definition) is 4. The van der Waals surface area contributed by atoms with Crippen LogP contribution in [0, 0.1) is 23.7 Å². The Morgan fingerprint density at radius 1 is 1.12 bits per heavy atom. The summed E-state index contributed by atoms with van der Waals surface area (Å²) in [5, 5.41) is 0. The van der Waals surface area contributed by atoms with E-state index in [0.717, 1.165) is 19.3 Å². The zero-order valence-electron chi connectivity index (χ0n) is 9.77. The standard InChI is InChI=1S/C12H18O4/c1-3-16-12(14)10-8-5-4-7(6-8)9(10)11(13)15-2/h7-10H,3-6H2,1-2H3. The third-order valence-corrected chi connectivity index (χ3v) is 3.95. The zero-order valence-corrected chi connectivity index (χ0v) is 9.77. The largest absolute Gasteiger partial charge is 0.469 e. The Bertz CT molecular complexity index is 299. The van der Waals surface area contributed by atoms with Crippen molar-refractivity contribution >= 4 is 11.9 Å². The number of rotatable bonds is 3. The number of carbonyl (C=O) groups excluding carboxylic acids is 2. The molecule has 0 aliphatic heterocycles. The van der Waals surface area contributed by atoms with Gasteiger partial charge in [-0.15, -0.1) is 0 Å². The van der Waals surface area contributed by atoms with Gasteiger partial charge in [-0.25, -0.2) is 0 Å². The number of esters is 2. The summed E-state index contributed by atoms with van der Waals surface area (Å²) in [5.74, 6) is -0.329. The summed E-state index contributed by atoms with van der Waals surface area (Å²) >= 11 is 0. The van der Waals surface area contributed by atoms with Crippen molar-refractivity contribution in [3.63, 3.8) is 0 Å². The van der Waals surface area contributed by atoms with Crippen LogP contribution in [-0.4, -0.2) is 25.7 Å². The van der Waals surface area contributed by atoms with Gasteiger partial charge in [-0.3, -0.25) is 9.59 Å². The lowest BCUT2D eigenvalue weighted by Gasteiger charge is -2.27. The normalized spacial score (nSPS) is 36.1. The highest BCUT2D eigenvalue weighted by atomic mass is 16.5. The van der Waals surface area contributed by atoms with Crippen LogP contribution in [0.4, 0.5) is 0 Å². The molecule has 4 unspecified atom stereocenters. The molecule has 0 aromatic heterocycles. The summed E-state index contributed by atoms with van der Waals surface area (Å²) < 4.78 is 9.86. The minimum Gasteiger partial charge on any atom is -0.469 e. The number of hydrogen-bond donors (Lipinski definition) is 0. The summed E-state index contributed by atoms with van der Waals surface area (Å²) in [6.07, 6.45) is 3.06. The zero-order chi connectivity index (χ0) is 11.7. The fourth-order valence-electron chi connectivity index (χ4n) is 3.34. The van der Waals surface area contributed by atoms with E-state index < -0.39 is 0 Å². The smallest absolute Gasteiger partial charge is 0.310 e. The first-order valence-corrected chi connectivity index (χ1v) is 5.93. The SMILES string of the molecule is CCOC(=O)C1C2CCC(C2)C1C(=O)OC. The summed E-state index contributed by atoms with van der Waals surface area (Å²) in [4.78, 5) is 23.5. The van der Waals surface area contributed by atoms with Crippen molar-refractivity contribution in [1.82, 2.24) is 0 Å². The van der Waals surface area contributed by atoms with E-state index in [9.17, 15) is 9.59 Å². The molecule has 4 heteroatoms. The lowest BCUT2D eigenvalue weighted by atomic mass is 9.79. The fraction of sp³-hybridized carbons (Fsp3) is 0.833. The van der Waals surface area contributed by atoms with Crippen LogP contribution in [0.25, 0.3) is 0 Å². The van der Waals surface area contributed by atoms with Crippen LogP contribution in [0.15, 0.2) is 0 Å². The molecule has 0 amide bonds. The van der Waals surface area contributed by atoms with Gasteiger partial charge in [0.2, 0.25) is 0 Å². The van der Waals surface area contributed by atoms with Crippen molar-refractivity contribution in [2.24, 2.45) is 23.7 Å². The maximum Gasteiger partial charge on any atom is 0.310 e. The van der Waals surface area contributed by atoms with Gasteiger partial charge in [-0.2, -0.15) is 0 Å². The molecule has 0 aromatic carbocycles. The van der Waals surface area contributed by atoms with E-state index in [1.54, 1.807) is 6.92 Å². The van der Waals surface area contributed by atoms with Gasteiger partial charge >= 0.3 is 11.9 Å². The van der Waals surface area contributed by atoms with Gasteiger partial charge in [0.05, 0.1) is 25.6 Å². The van der Waals surface area contributed by atoms with Crippen LogP contribution in [-0.2, 0) is 19.1 Å². The van der Waals surface area contributed by atoms with Crippen LogP contribution in [0.5, 0.6) is 0 Å². The Kier molecular flexibility index (Phi) is 3.17. The average Bonchev–Trinajstić information content (AvgIpc) is 2.87. The molecule has 0 N–H and O–H groups in total. The van der Waals surface area contributed by atoms with Crippen molar-refractivity contribution in [2.75, 3.05) is 13.7 Å². The second-order valence-electron chi connectivity index (χ2n) is 4.66. The van der Waals surface area contributed by atoms with Crippen LogP contribution < -0.4 is 0 Å². The van der Waals surface area contributed by atoms with E-state index in [4.69, 9.17) is 9.47 Å². The molecule has 0 spiro atoms. The number of fused-ring (bicyclic) bond motifs is 2. The first-order valence-electron chi connectivity index (χ1n) is 5.93. The molecular weight excluding hydrogens is 208 g/mol. The molecule has 90 valence electrons. The fourth-order valence-corrected chi connectivity index (χ4v) is 3.34. The monoisotopic (exact) mass is 226 g/mol. The van der Waals surface area contributed by atoms with E-state index in [2.05, 4.69) is 0 Å². The molecule has 2 saturated carbocycles. The van der Waals surface area contributed by atoms with Gasteiger partial charge < -0.3 is 9.47 Å². The Hall–Kier alpha value is -1.06. The molecule has 2 aliphatic carbocycles. The van der Waals surface area contributed by atoms with Crippen molar-refractivity contribution < 1.29 is 19.1 Å². The van der Waals surface area contributed by atoms with Crippen LogP contribution in [0.1, 0.15) is 26.2 Å². The highest BCUT2D eigenvalue weighted by molar-refractivity contribution is 5.83. The molecular formula is C12H18O4. The van der Waals surface area contributed by atoms with Crippen LogP contribution >= 0.6 is 0 Å². The van der Waals surface area contributed by atoms with Crippen molar-refractivity contribution in [2.45, 2.75) is 26.2 Å². The van der Waals surface area contributed by atoms with Gasteiger partial charge in [0.25, 0.3) is 0 Å². The Balaban J connectivity index is 2.14. The predicted molar refractivity (Wildman–Crippen MR) is 56.5 cm³/mol. The van der Waals surface area contributed by atoms with E-state index in [-0.39, 0.29) is 23.8 Å². The first-order chi connectivity index (χ1) is 7.69. The molecule has 2 aliphatic rings. The summed E-state index contributed by atoms with van der Waals surface area (Å²) in [6, 6.07) is 0. The Morgan fingerprint density at radius 3 is 2.19 bits per heavy atom. The third-order valence-electron chi connectivity index (χ3n) is 3.95. The lowest BCUT2D eigenvalue weighted by molar-refractivity contribution is -0.161. The van der Waals surface area contributed by atoms with Crippen LogP contribution in [0.3, 0.4) is 0 Å². The predicted octanol–water partition coefficient (Wildman–Crippen LogP) is 1.38.